The maximum atomic E-state index is 12.1. The van der Waals surface area contributed by atoms with Crippen LogP contribution in [0.4, 0.5) is 0 Å². The fourth-order valence-electron chi connectivity index (χ4n) is 1.52. The number of nitrogens with one attached hydrogen (secondary N) is 1. The molecule has 0 saturated carbocycles. The van der Waals surface area contributed by atoms with Gasteiger partial charge >= 0.3 is 11.9 Å². The first-order valence-electron chi connectivity index (χ1n) is 5.55. The van der Waals surface area contributed by atoms with Crippen LogP contribution in [0.2, 0.25) is 0 Å². The Labute approximate surface area is 121 Å². The van der Waals surface area contributed by atoms with Crippen LogP contribution < -0.4 is 5.32 Å². The quantitative estimate of drug-likeness (QED) is 0.639. The van der Waals surface area contributed by atoms with Crippen molar-refractivity contribution in [3.8, 4) is 5.69 Å². The van der Waals surface area contributed by atoms with E-state index in [9.17, 15) is 14.4 Å². The maximum absolute atomic E-state index is 12.1. The predicted molar refractivity (Wildman–Crippen MR) is 68.2 cm³/mol. The molecular formula is C10H9N5O5S. The van der Waals surface area contributed by atoms with Crippen LogP contribution in [-0.2, 0) is 9.59 Å². The van der Waals surface area contributed by atoms with Crippen molar-refractivity contribution < 1.29 is 24.6 Å². The van der Waals surface area contributed by atoms with Crippen LogP contribution in [0.15, 0.2) is 17.8 Å². The lowest BCUT2D eigenvalue weighted by atomic mass is 10.2. The van der Waals surface area contributed by atoms with Crippen LogP contribution in [0.25, 0.3) is 5.69 Å². The van der Waals surface area contributed by atoms with Crippen LogP contribution >= 0.6 is 11.3 Å². The molecular weight excluding hydrogens is 302 g/mol. The number of rotatable bonds is 6. The Kier molecular flexibility index (Phi) is 4.23. The second kappa shape index (κ2) is 6.09. The number of nitrogens with zero attached hydrogens (tertiary/aromatic N) is 4. The minimum Gasteiger partial charge on any atom is -0.481 e. The Bertz CT molecular complexity index is 667. The summed E-state index contributed by atoms with van der Waals surface area (Å²) in [5.41, 5.74) is 0.377. The van der Waals surface area contributed by atoms with E-state index in [-0.39, 0.29) is 4.88 Å². The standard InChI is InChI=1S/C10H9N5O5S/c16-7(17)3-5(10(19)20)12-9(18)8-6(1-2-21-8)15-4-11-13-14-15/h1-2,4-5H,3H2,(H,12,18)(H,16,17)(H,19,20)/t5-/m0/s1. The zero-order valence-corrected chi connectivity index (χ0v) is 11.1. The summed E-state index contributed by atoms with van der Waals surface area (Å²) in [7, 11) is 0. The number of aromatic nitrogens is 4. The molecule has 0 unspecified atom stereocenters. The average molecular weight is 311 g/mol. The van der Waals surface area contributed by atoms with Crippen LogP contribution in [-0.4, -0.2) is 54.3 Å². The first-order chi connectivity index (χ1) is 9.99. The molecule has 0 spiro atoms. The van der Waals surface area contributed by atoms with E-state index in [1.54, 1.807) is 11.4 Å². The van der Waals surface area contributed by atoms with Crippen molar-refractivity contribution in [3.05, 3.63) is 22.7 Å². The minimum atomic E-state index is -1.51. The topological polar surface area (TPSA) is 147 Å². The molecule has 2 aromatic rings. The molecule has 110 valence electrons. The summed E-state index contributed by atoms with van der Waals surface area (Å²) in [6.45, 7) is 0. The largest absolute Gasteiger partial charge is 0.481 e. The highest BCUT2D eigenvalue weighted by Gasteiger charge is 2.25. The van der Waals surface area contributed by atoms with Crippen LogP contribution in [0.1, 0.15) is 16.1 Å². The molecule has 0 radical (unpaired) electrons. The Morgan fingerprint density at radius 2 is 2.14 bits per heavy atom. The number of amides is 1. The molecule has 0 aliphatic heterocycles. The molecule has 10 nitrogen and oxygen atoms in total. The fourth-order valence-corrected chi connectivity index (χ4v) is 2.30. The van der Waals surface area contributed by atoms with Gasteiger partial charge in [0.15, 0.2) is 0 Å². The minimum absolute atomic E-state index is 0.180. The SMILES string of the molecule is O=C(O)C[C@H](NC(=O)c1sccc1-n1cnnn1)C(=O)O. The molecule has 0 aliphatic rings. The highest BCUT2D eigenvalue weighted by atomic mass is 32.1. The smallest absolute Gasteiger partial charge is 0.326 e. The summed E-state index contributed by atoms with van der Waals surface area (Å²) in [5.74, 6) is -3.45. The molecule has 2 heterocycles. The van der Waals surface area contributed by atoms with Gasteiger partial charge in [0.25, 0.3) is 5.91 Å². The van der Waals surface area contributed by atoms with E-state index >= 15 is 0 Å². The zero-order chi connectivity index (χ0) is 15.4. The molecule has 1 amide bonds. The highest BCUT2D eigenvalue weighted by molar-refractivity contribution is 7.12. The molecule has 0 aliphatic carbocycles. The summed E-state index contributed by atoms with van der Waals surface area (Å²) in [6.07, 6.45) is 0.567. The molecule has 1 atom stereocenters. The van der Waals surface area contributed by atoms with Crippen molar-refractivity contribution in [2.75, 3.05) is 0 Å². The lowest BCUT2D eigenvalue weighted by molar-refractivity contribution is -0.145. The van der Waals surface area contributed by atoms with Gasteiger partial charge < -0.3 is 15.5 Å². The van der Waals surface area contributed by atoms with Crippen molar-refractivity contribution >= 4 is 29.2 Å². The Morgan fingerprint density at radius 1 is 1.38 bits per heavy atom. The molecule has 0 fully saturated rings. The second-order valence-corrected chi connectivity index (χ2v) is 4.77. The number of hydrogen-bond acceptors (Lipinski definition) is 7. The summed E-state index contributed by atoms with van der Waals surface area (Å²) in [4.78, 5) is 33.8. The van der Waals surface area contributed by atoms with E-state index in [0.717, 1.165) is 11.3 Å². The summed E-state index contributed by atoms with van der Waals surface area (Å²) in [5, 5.41) is 31.8. The number of carbonyl (C=O) groups excluding carboxylic acids is 1. The third kappa shape index (κ3) is 3.39. The first kappa shape index (κ1) is 14.6. The second-order valence-electron chi connectivity index (χ2n) is 3.85. The van der Waals surface area contributed by atoms with Crippen molar-refractivity contribution in [1.82, 2.24) is 25.5 Å². The van der Waals surface area contributed by atoms with Gasteiger partial charge in [-0.05, 0) is 21.9 Å². The number of tetrazole rings is 1. The van der Waals surface area contributed by atoms with E-state index in [4.69, 9.17) is 10.2 Å². The van der Waals surface area contributed by atoms with Gasteiger partial charge in [-0.25, -0.2) is 4.79 Å². The van der Waals surface area contributed by atoms with E-state index in [1.807, 2.05) is 0 Å². The number of carboxylic acids is 2. The molecule has 11 heteroatoms. The normalized spacial score (nSPS) is 11.8. The van der Waals surface area contributed by atoms with Gasteiger partial charge in [0.1, 0.15) is 17.2 Å². The zero-order valence-electron chi connectivity index (χ0n) is 10.3. The maximum Gasteiger partial charge on any atom is 0.326 e. The summed E-state index contributed by atoms with van der Waals surface area (Å²) >= 11 is 1.06. The van der Waals surface area contributed by atoms with Crippen molar-refractivity contribution in [2.45, 2.75) is 12.5 Å². The molecule has 2 rings (SSSR count). The monoisotopic (exact) mass is 311 g/mol. The highest BCUT2D eigenvalue weighted by Crippen LogP contribution is 2.20. The lowest BCUT2D eigenvalue weighted by Gasteiger charge is -2.12. The molecule has 2 aromatic heterocycles. The molecule has 3 N–H and O–H groups in total. The third-order valence-electron chi connectivity index (χ3n) is 2.43. The summed E-state index contributed by atoms with van der Waals surface area (Å²) < 4.78 is 1.25. The van der Waals surface area contributed by atoms with Gasteiger partial charge in [0.2, 0.25) is 0 Å². The fraction of sp³-hybridized carbons (Fsp3) is 0.200. The number of hydrogen-bond donors (Lipinski definition) is 3. The molecule has 0 saturated heterocycles. The Balaban J connectivity index is 2.19. The Morgan fingerprint density at radius 3 is 2.71 bits per heavy atom. The number of aliphatic carboxylic acids is 2. The predicted octanol–water partition coefficient (Wildman–Crippen LogP) is -0.619. The van der Waals surface area contributed by atoms with E-state index < -0.39 is 30.3 Å². The van der Waals surface area contributed by atoms with Gasteiger partial charge in [-0.1, -0.05) is 0 Å². The number of thiophene rings is 1. The van der Waals surface area contributed by atoms with Gasteiger partial charge in [0.05, 0.1) is 12.1 Å². The van der Waals surface area contributed by atoms with Crippen molar-refractivity contribution in [1.29, 1.82) is 0 Å². The van der Waals surface area contributed by atoms with Crippen LogP contribution in [0.5, 0.6) is 0 Å². The molecule has 21 heavy (non-hydrogen) atoms. The first-order valence-corrected chi connectivity index (χ1v) is 6.43. The van der Waals surface area contributed by atoms with Crippen LogP contribution in [0.3, 0.4) is 0 Å². The molecule has 0 bridgehead atoms. The van der Waals surface area contributed by atoms with E-state index in [0.29, 0.717) is 5.69 Å². The van der Waals surface area contributed by atoms with Gasteiger partial charge in [-0.2, -0.15) is 4.68 Å². The number of carbonyl (C=O) groups is 3. The van der Waals surface area contributed by atoms with Gasteiger partial charge in [-0.15, -0.1) is 16.4 Å². The third-order valence-corrected chi connectivity index (χ3v) is 3.33. The van der Waals surface area contributed by atoms with Crippen LogP contribution in [0, 0.1) is 0 Å². The van der Waals surface area contributed by atoms with Gasteiger partial charge in [0, 0.05) is 0 Å². The van der Waals surface area contributed by atoms with Crippen molar-refractivity contribution in [3.63, 3.8) is 0 Å². The number of carboxylic acid groups (broad SMARTS) is 2. The van der Waals surface area contributed by atoms with E-state index in [2.05, 4.69) is 20.8 Å². The lowest BCUT2D eigenvalue weighted by Crippen LogP contribution is -2.42. The molecule has 0 aromatic carbocycles. The van der Waals surface area contributed by atoms with Gasteiger partial charge in [-0.3, -0.25) is 9.59 Å². The summed E-state index contributed by atoms with van der Waals surface area (Å²) in [6, 6.07) is 0.0712. The average Bonchev–Trinajstić information content (AvgIpc) is 3.07. The van der Waals surface area contributed by atoms with E-state index in [1.165, 1.54) is 11.0 Å². The van der Waals surface area contributed by atoms with Crippen molar-refractivity contribution in [2.24, 2.45) is 0 Å². The Hall–Kier alpha value is -2.82.